The maximum atomic E-state index is 11.5. The van der Waals surface area contributed by atoms with E-state index in [-0.39, 0.29) is 24.5 Å². The summed E-state index contributed by atoms with van der Waals surface area (Å²) < 4.78 is 0.743. The second kappa shape index (κ2) is 6.85. The van der Waals surface area contributed by atoms with Crippen molar-refractivity contribution in [1.29, 1.82) is 0 Å². The van der Waals surface area contributed by atoms with Crippen LogP contribution in [0.15, 0.2) is 12.2 Å². The summed E-state index contributed by atoms with van der Waals surface area (Å²) in [6.45, 7) is 7.48. The minimum Gasteiger partial charge on any atom is -1.00 e. The third kappa shape index (κ3) is 6.52. The van der Waals surface area contributed by atoms with E-state index in [1.165, 1.54) is 0 Å². The van der Waals surface area contributed by atoms with Crippen molar-refractivity contribution in [2.24, 2.45) is 0 Å². The lowest BCUT2D eigenvalue weighted by molar-refractivity contribution is -0.898. The number of carbonyl (C=O) groups excluding carboxylic acids is 1. The molecule has 0 aliphatic carbocycles. The maximum absolute atomic E-state index is 11.5. The first-order valence-electron chi connectivity index (χ1n) is 5.06. The van der Waals surface area contributed by atoms with Crippen molar-refractivity contribution >= 4 is 5.91 Å². The molecule has 0 aromatic carbocycles. The first-order chi connectivity index (χ1) is 6.29. The Balaban J connectivity index is 0. The van der Waals surface area contributed by atoms with Gasteiger partial charge < -0.3 is 22.2 Å². The van der Waals surface area contributed by atoms with Crippen LogP contribution in [0.5, 0.6) is 0 Å². The van der Waals surface area contributed by atoms with E-state index in [0.717, 1.165) is 17.3 Å². The van der Waals surface area contributed by atoms with Crippen LogP contribution in [0.1, 0.15) is 26.7 Å². The van der Waals surface area contributed by atoms with Crippen LogP contribution in [-0.2, 0) is 4.79 Å². The summed E-state index contributed by atoms with van der Waals surface area (Å²) in [5.41, 5.74) is 0.569. The minimum absolute atomic E-state index is 0. The standard InChI is InChI=1S/C11H22N2O.ClH/c1-7-8-10(13(4,5)6)12-11(14)9(2)3;/h10H,2,7-8H2,1,3-6H3;1H. The van der Waals surface area contributed by atoms with Crippen molar-refractivity contribution in [1.82, 2.24) is 5.32 Å². The summed E-state index contributed by atoms with van der Waals surface area (Å²) in [6.07, 6.45) is 2.23. The Morgan fingerprint density at radius 1 is 1.40 bits per heavy atom. The number of quaternary nitrogens is 1. The second-order valence-corrected chi connectivity index (χ2v) is 4.67. The molecule has 1 N–H and O–H groups in total. The van der Waals surface area contributed by atoms with Gasteiger partial charge in [-0.3, -0.25) is 4.79 Å². The largest absolute Gasteiger partial charge is 1.00 e. The molecule has 0 saturated carbocycles. The fourth-order valence-corrected chi connectivity index (χ4v) is 1.20. The van der Waals surface area contributed by atoms with Gasteiger partial charge in [0.15, 0.2) is 6.17 Å². The Morgan fingerprint density at radius 2 is 1.87 bits per heavy atom. The van der Waals surface area contributed by atoms with Crippen molar-refractivity contribution < 1.29 is 21.7 Å². The van der Waals surface area contributed by atoms with Crippen LogP contribution in [0.4, 0.5) is 0 Å². The summed E-state index contributed by atoms with van der Waals surface area (Å²) in [6, 6.07) is 0. The summed E-state index contributed by atoms with van der Waals surface area (Å²) >= 11 is 0. The average molecular weight is 235 g/mol. The zero-order valence-corrected chi connectivity index (χ0v) is 11.2. The zero-order chi connectivity index (χ0) is 11.4. The quantitative estimate of drug-likeness (QED) is 0.351. The molecule has 1 amide bonds. The Labute approximate surface area is 99.5 Å². The van der Waals surface area contributed by atoms with Crippen LogP contribution in [0.2, 0.25) is 0 Å². The number of rotatable bonds is 5. The molecular weight excluding hydrogens is 212 g/mol. The van der Waals surface area contributed by atoms with Crippen LogP contribution >= 0.6 is 0 Å². The van der Waals surface area contributed by atoms with Gasteiger partial charge in [-0.15, -0.1) is 0 Å². The summed E-state index contributed by atoms with van der Waals surface area (Å²) in [7, 11) is 6.25. The lowest BCUT2D eigenvalue weighted by Gasteiger charge is -2.34. The number of nitrogens with zero attached hydrogens (tertiary/aromatic N) is 1. The summed E-state index contributed by atoms with van der Waals surface area (Å²) in [4.78, 5) is 11.5. The summed E-state index contributed by atoms with van der Waals surface area (Å²) in [5, 5.41) is 2.99. The molecule has 4 heteroatoms. The van der Waals surface area contributed by atoms with Gasteiger partial charge in [0.25, 0.3) is 5.91 Å². The maximum Gasteiger partial charge on any atom is 0.250 e. The van der Waals surface area contributed by atoms with E-state index in [1.807, 2.05) is 0 Å². The monoisotopic (exact) mass is 234 g/mol. The SMILES string of the molecule is C=C(C)C(=O)NC(CCC)[N+](C)(C)C.[Cl-]. The fraction of sp³-hybridized carbons (Fsp3) is 0.727. The Morgan fingerprint density at radius 3 is 2.13 bits per heavy atom. The number of hydrogen-bond donors (Lipinski definition) is 1. The van der Waals surface area contributed by atoms with E-state index >= 15 is 0 Å². The van der Waals surface area contributed by atoms with Gasteiger partial charge in [0.05, 0.1) is 21.1 Å². The zero-order valence-electron chi connectivity index (χ0n) is 10.4. The average Bonchev–Trinajstić information content (AvgIpc) is 2.01. The normalized spacial score (nSPS) is 12.6. The van der Waals surface area contributed by atoms with Gasteiger partial charge in [0.2, 0.25) is 0 Å². The van der Waals surface area contributed by atoms with Crippen LogP contribution in [0.3, 0.4) is 0 Å². The highest BCUT2D eigenvalue weighted by atomic mass is 35.5. The van der Waals surface area contributed by atoms with Crippen molar-refractivity contribution in [3.63, 3.8) is 0 Å². The predicted octanol–water partition coefficient (Wildman–Crippen LogP) is -1.48. The van der Waals surface area contributed by atoms with Crippen LogP contribution in [0, 0.1) is 0 Å². The predicted molar refractivity (Wildman–Crippen MR) is 59.7 cm³/mol. The van der Waals surface area contributed by atoms with Gasteiger partial charge in [-0.25, -0.2) is 0 Å². The van der Waals surface area contributed by atoms with Crippen LogP contribution in [0.25, 0.3) is 0 Å². The molecule has 0 aromatic rings. The lowest BCUT2D eigenvalue weighted by atomic mass is 10.2. The number of nitrogens with one attached hydrogen (secondary N) is 1. The molecule has 0 heterocycles. The first kappa shape index (κ1) is 16.9. The van der Waals surface area contributed by atoms with E-state index < -0.39 is 0 Å². The van der Waals surface area contributed by atoms with E-state index in [0.29, 0.717) is 5.57 Å². The first-order valence-corrected chi connectivity index (χ1v) is 5.06. The van der Waals surface area contributed by atoms with Crippen molar-refractivity contribution in [3.8, 4) is 0 Å². The number of hydrogen-bond acceptors (Lipinski definition) is 1. The van der Waals surface area contributed by atoms with E-state index in [9.17, 15) is 4.79 Å². The number of halogens is 1. The van der Waals surface area contributed by atoms with Gasteiger partial charge in [-0.05, 0) is 13.3 Å². The Hall–Kier alpha value is -0.540. The van der Waals surface area contributed by atoms with Crippen LogP contribution < -0.4 is 17.7 Å². The van der Waals surface area contributed by atoms with Crippen molar-refractivity contribution in [3.05, 3.63) is 12.2 Å². The molecule has 0 fully saturated rings. The second-order valence-electron chi connectivity index (χ2n) is 4.67. The van der Waals surface area contributed by atoms with E-state index in [1.54, 1.807) is 6.92 Å². The molecule has 0 aliphatic heterocycles. The topological polar surface area (TPSA) is 29.1 Å². The molecular formula is C11H23ClN2O. The van der Waals surface area contributed by atoms with Gasteiger partial charge in [-0.1, -0.05) is 13.5 Å². The molecule has 0 spiro atoms. The van der Waals surface area contributed by atoms with Gasteiger partial charge in [-0.2, -0.15) is 0 Å². The highest BCUT2D eigenvalue weighted by Gasteiger charge is 2.24. The molecule has 1 unspecified atom stereocenters. The van der Waals surface area contributed by atoms with Crippen LogP contribution in [-0.4, -0.2) is 37.7 Å². The Bertz CT molecular complexity index is 221. The van der Waals surface area contributed by atoms with E-state index in [2.05, 4.69) is 40.0 Å². The molecule has 0 bridgehead atoms. The molecule has 0 aliphatic rings. The molecule has 0 rings (SSSR count). The Kier molecular flexibility index (Phi) is 7.71. The lowest BCUT2D eigenvalue weighted by Crippen LogP contribution is -3.00. The number of carbonyl (C=O) groups is 1. The smallest absolute Gasteiger partial charge is 0.250 e. The highest BCUT2D eigenvalue weighted by Crippen LogP contribution is 2.07. The van der Waals surface area contributed by atoms with Gasteiger partial charge >= 0.3 is 0 Å². The van der Waals surface area contributed by atoms with Gasteiger partial charge in [0.1, 0.15) is 0 Å². The minimum atomic E-state index is -0.0449. The van der Waals surface area contributed by atoms with Crippen molar-refractivity contribution in [2.75, 3.05) is 21.1 Å². The molecule has 3 nitrogen and oxygen atoms in total. The molecule has 0 radical (unpaired) electrons. The fourth-order valence-electron chi connectivity index (χ4n) is 1.20. The third-order valence-corrected chi connectivity index (χ3v) is 2.18. The number of amides is 1. The molecule has 0 saturated heterocycles. The highest BCUT2D eigenvalue weighted by molar-refractivity contribution is 5.92. The third-order valence-electron chi connectivity index (χ3n) is 2.18. The van der Waals surface area contributed by atoms with E-state index in [4.69, 9.17) is 0 Å². The molecule has 0 aromatic heterocycles. The molecule has 90 valence electrons. The summed E-state index contributed by atoms with van der Waals surface area (Å²) in [5.74, 6) is -0.0449. The molecule has 1 atom stereocenters. The van der Waals surface area contributed by atoms with Gasteiger partial charge in [0, 0.05) is 12.0 Å². The van der Waals surface area contributed by atoms with Crippen molar-refractivity contribution in [2.45, 2.75) is 32.9 Å². The molecule has 15 heavy (non-hydrogen) atoms.